The average molecular weight is 552 g/mol. The van der Waals surface area contributed by atoms with Crippen molar-refractivity contribution in [2.45, 2.75) is 25.2 Å². The summed E-state index contributed by atoms with van der Waals surface area (Å²) in [5.41, 5.74) is 1.01. The molecule has 40 heavy (non-hydrogen) atoms. The van der Waals surface area contributed by atoms with Gasteiger partial charge >= 0.3 is 17.9 Å². The fourth-order valence-electron chi connectivity index (χ4n) is 4.50. The predicted molar refractivity (Wildman–Crippen MR) is 145 cm³/mol. The summed E-state index contributed by atoms with van der Waals surface area (Å²) >= 11 is 0. The molecule has 3 N–H and O–H groups in total. The number of likely N-dealkylation sites (tertiary alicyclic amines) is 1. The van der Waals surface area contributed by atoms with Crippen LogP contribution < -0.4 is 20.1 Å². The van der Waals surface area contributed by atoms with Crippen LogP contribution in [-0.4, -0.2) is 61.0 Å². The van der Waals surface area contributed by atoms with Crippen molar-refractivity contribution in [3.8, 4) is 11.5 Å². The zero-order chi connectivity index (χ0) is 28.7. The fraction of sp³-hybridized carbons (Fsp3) is 0.276. The van der Waals surface area contributed by atoms with E-state index in [4.69, 9.17) is 14.2 Å². The number of benzene rings is 3. The van der Waals surface area contributed by atoms with Crippen molar-refractivity contribution in [2.24, 2.45) is 0 Å². The monoisotopic (exact) mass is 551 g/mol. The number of amides is 2. The lowest BCUT2D eigenvalue weighted by Crippen LogP contribution is -2.60. The Morgan fingerprint density at radius 1 is 0.950 bits per heavy atom. The van der Waals surface area contributed by atoms with Crippen molar-refractivity contribution < 1.29 is 38.1 Å². The molecule has 4 rings (SSSR count). The van der Waals surface area contributed by atoms with Crippen molar-refractivity contribution in [1.29, 1.82) is 0 Å². The molecule has 210 valence electrons. The van der Waals surface area contributed by atoms with Gasteiger partial charge in [-0.15, -0.1) is 0 Å². The van der Waals surface area contributed by atoms with Gasteiger partial charge in [0.1, 0.15) is 17.3 Å². The first-order valence-corrected chi connectivity index (χ1v) is 12.6. The number of hydrogen-bond acceptors (Lipinski definition) is 7. The number of anilines is 2. The van der Waals surface area contributed by atoms with Crippen LogP contribution in [0.2, 0.25) is 0 Å². The molecule has 3 aromatic rings. The number of carboxylic acid groups (broad SMARTS) is 1. The van der Waals surface area contributed by atoms with Crippen LogP contribution in [0.1, 0.15) is 28.8 Å². The highest BCUT2D eigenvalue weighted by Crippen LogP contribution is 2.31. The topological polar surface area (TPSA) is 126 Å². The van der Waals surface area contributed by atoms with Gasteiger partial charge in [-0.3, -0.25) is 4.79 Å². The van der Waals surface area contributed by atoms with Gasteiger partial charge in [-0.1, -0.05) is 18.2 Å². The predicted octanol–water partition coefficient (Wildman–Crippen LogP) is 4.76. The molecule has 1 aliphatic heterocycles. The minimum Gasteiger partial charge on any atom is -0.495 e. The lowest BCUT2D eigenvalue weighted by atomic mass is 10.0. The first kappa shape index (κ1) is 28.5. The Morgan fingerprint density at radius 3 is 2.25 bits per heavy atom. The van der Waals surface area contributed by atoms with E-state index < -0.39 is 23.7 Å². The molecule has 1 atom stereocenters. The van der Waals surface area contributed by atoms with Crippen LogP contribution in [-0.2, 0) is 16.0 Å². The van der Waals surface area contributed by atoms with Crippen LogP contribution in [0.15, 0.2) is 66.7 Å². The van der Waals surface area contributed by atoms with E-state index in [1.54, 1.807) is 24.3 Å². The number of carboxylic acids is 1. The molecule has 11 heteroatoms. The molecular formula is C29H30FN3O7. The van der Waals surface area contributed by atoms with Crippen LogP contribution in [0.5, 0.6) is 11.5 Å². The van der Waals surface area contributed by atoms with Gasteiger partial charge in [0.2, 0.25) is 5.78 Å². The number of halogens is 1. The normalized spacial score (nSPS) is 14.7. The molecule has 1 saturated heterocycles. The van der Waals surface area contributed by atoms with Crippen molar-refractivity contribution in [2.75, 3.05) is 37.9 Å². The zero-order valence-electron chi connectivity index (χ0n) is 22.1. The van der Waals surface area contributed by atoms with Gasteiger partial charge in [0.05, 0.1) is 24.0 Å². The third-order valence-corrected chi connectivity index (χ3v) is 6.51. The third kappa shape index (κ3) is 6.38. The molecule has 0 aliphatic carbocycles. The quantitative estimate of drug-likeness (QED) is 0.291. The van der Waals surface area contributed by atoms with E-state index in [1.807, 2.05) is 4.90 Å². The smallest absolute Gasteiger partial charge is 0.335 e. The number of carbonyl (C=O) groups is 3. The second kappa shape index (κ2) is 12.6. The molecule has 3 aromatic carbocycles. The summed E-state index contributed by atoms with van der Waals surface area (Å²) < 4.78 is 31.2. The van der Waals surface area contributed by atoms with Crippen molar-refractivity contribution in [3.63, 3.8) is 0 Å². The molecule has 0 bridgehead atoms. The number of ether oxygens (including phenoxy) is 3. The molecule has 0 saturated carbocycles. The van der Waals surface area contributed by atoms with Gasteiger partial charge in [0.15, 0.2) is 0 Å². The molecule has 1 fully saturated rings. The highest BCUT2D eigenvalue weighted by Gasteiger charge is 2.48. The number of aromatic carboxylic acids is 1. The van der Waals surface area contributed by atoms with Gasteiger partial charge in [0, 0.05) is 26.6 Å². The van der Waals surface area contributed by atoms with Crippen LogP contribution in [0.3, 0.4) is 0 Å². The summed E-state index contributed by atoms with van der Waals surface area (Å²) in [6.07, 6.45) is 1.64. The maximum absolute atomic E-state index is 13.9. The SMILES string of the molecule is COc1cc(CC(=O)C(OC)(Oc2ccc(C(=O)O)cc2)N2CCCC2)ccc1NC(=O)Nc1ccccc1F. The van der Waals surface area contributed by atoms with Crippen molar-refractivity contribution in [1.82, 2.24) is 4.90 Å². The Labute approximate surface area is 230 Å². The zero-order valence-corrected chi connectivity index (χ0v) is 22.1. The Balaban J connectivity index is 1.53. The van der Waals surface area contributed by atoms with Gasteiger partial charge < -0.3 is 30.0 Å². The Morgan fingerprint density at radius 2 is 1.62 bits per heavy atom. The summed E-state index contributed by atoms with van der Waals surface area (Å²) in [5, 5.41) is 14.3. The van der Waals surface area contributed by atoms with Crippen LogP contribution in [0.4, 0.5) is 20.6 Å². The van der Waals surface area contributed by atoms with Crippen LogP contribution in [0, 0.1) is 5.82 Å². The third-order valence-electron chi connectivity index (χ3n) is 6.51. The second-order valence-electron chi connectivity index (χ2n) is 9.11. The lowest BCUT2D eigenvalue weighted by Gasteiger charge is -2.38. The number of hydrogen-bond donors (Lipinski definition) is 3. The molecule has 0 aromatic heterocycles. The van der Waals surface area contributed by atoms with E-state index in [1.165, 1.54) is 56.7 Å². The minimum atomic E-state index is -1.73. The lowest BCUT2D eigenvalue weighted by molar-refractivity contribution is -0.242. The maximum Gasteiger partial charge on any atom is 0.335 e. The number of nitrogens with zero attached hydrogens (tertiary/aromatic N) is 1. The van der Waals surface area contributed by atoms with E-state index in [9.17, 15) is 23.9 Å². The number of nitrogens with one attached hydrogen (secondary N) is 2. The van der Waals surface area contributed by atoms with Crippen molar-refractivity contribution in [3.05, 3.63) is 83.7 Å². The summed E-state index contributed by atoms with van der Waals surface area (Å²) in [6.45, 7) is 1.16. The standard InChI is InChI=1S/C29H30FN3O7/c1-38-25-17-19(9-14-24(25)32-28(37)31-23-8-4-3-7-22(23)30)18-26(34)29(39-2,33-15-5-6-16-33)40-21-12-10-20(11-13-21)27(35)36/h3-4,7-14,17H,5-6,15-16,18H2,1-2H3,(H,35,36)(H2,31,32,37). The average Bonchev–Trinajstić information content (AvgIpc) is 3.49. The number of rotatable bonds is 11. The molecule has 0 spiro atoms. The van der Waals surface area contributed by atoms with E-state index in [0.717, 1.165) is 12.8 Å². The molecule has 0 radical (unpaired) electrons. The van der Waals surface area contributed by atoms with Gasteiger partial charge in [-0.05, 0) is 66.9 Å². The Hall–Kier alpha value is -4.48. The van der Waals surface area contributed by atoms with Gasteiger partial charge in [0.25, 0.3) is 0 Å². The minimum absolute atomic E-state index is 0.0246. The summed E-state index contributed by atoms with van der Waals surface area (Å²) in [4.78, 5) is 39.3. The Kier molecular flexibility index (Phi) is 8.97. The second-order valence-corrected chi connectivity index (χ2v) is 9.11. The summed E-state index contributed by atoms with van der Waals surface area (Å²) in [6, 6.07) is 15.7. The number of carbonyl (C=O) groups excluding carboxylic acids is 2. The fourth-order valence-corrected chi connectivity index (χ4v) is 4.50. The number of ketones is 1. The molecule has 10 nitrogen and oxygen atoms in total. The van der Waals surface area contributed by atoms with E-state index in [2.05, 4.69) is 10.6 Å². The molecular weight excluding hydrogens is 521 g/mol. The summed E-state index contributed by atoms with van der Waals surface area (Å²) in [7, 11) is 2.82. The number of para-hydroxylation sites is 1. The first-order valence-electron chi connectivity index (χ1n) is 12.6. The largest absolute Gasteiger partial charge is 0.495 e. The molecule has 1 heterocycles. The van der Waals surface area contributed by atoms with E-state index in [-0.39, 0.29) is 29.2 Å². The van der Waals surface area contributed by atoms with Gasteiger partial charge in [-0.25, -0.2) is 18.9 Å². The van der Waals surface area contributed by atoms with Crippen LogP contribution in [0.25, 0.3) is 0 Å². The number of urea groups is 1. The van der Waals surface area contributed by atoms with Gasteiger partial charge in [-0.2, -0.15) is 0 Å². The number of methoxy groups -OCH3 is 2. The number of Topliss-reactive ketones (excluding diaryl/α,β-unsaturated/α-hetero) is 1. The maximum atomic E-state index is 13.9. The van der Waals surface area contributed by atoms with Crippen molar-refractivity contribution >= 4 is 29.2 Å². The molecule has 1 aliphatic rings. The van der Waals surface area contributed by atoms with E-state index >= 15 is 0 Å². The molecule has 1 unspecified atom stereocenters. The highest BCUT2D eigenvalue weighted by molar-refractivity contribution is 6.00. The Bertz CT molecular complexity index is 1380. The molecule has 2 amide bonds. The summed E-state index contributed by atoms with van der Waals surface area (Å²) in [5.74, 6) is -3.17. The highest BCUT2D eigenvalue weighted by atomic mass is 19.1. The first-order chi connectivity index (χ1) is 19.3. The van der Waals surface area contributed by atoms with Crippen LogP contribution >= 0.6 is 0 Å². The van der Waals surface area contributed by atoms with E-state index in [0.29, 0.717) is 30.1 Å².